The predicted molar refractivity (Wildman–Crippen MR) is 115 cm³/mol. The Labute approximate surface area is 167 Å². The molecule has 2 atom stereocenters. The van der Waals surface area contributed by atoms with E-state index in [0.29, 0.717) is 12.6 Å². The van der Waals surface area contributed by atoms with E-state index in [4.69, 9.17) is 4.99 Å². The summed E-state index contributed by atoms with van der Waals surface area (Å²) in [6, 6.07) is 8.45. The second kappa shape index (κ2) is 12.0. The molecule has 0 amide bonds. The number of nitrogens with zero attached hydrogens (tertiary/aromatic N) is 1. The Hall–Kier alpha value is -0.470. The van der Waals surface area contributed by atoms with Crippen molar-refractivity contribution in [1.29, 1.82) is 0 Å². The average molecular weight is 463 g/mol. The van der Waals surface area contributed by atoms with Crippen LogP contribution in [0.2, 0.25) is 0 Å². The molecule has 0 aromatic heterocycles. The maximum Gasteiger partial charge on any atom is 0.191 e. The molecule has 0 saturated heterocycles. The van der Waals surface area contributed by atoms with Crippen molar-refractivity contribution in [3.63, 3.8) is 0 Å². The van der Waals surface area contributed by atoms with Gasteiger partial charge in [-0.15, -0.1) is 24.0 Å². The standard InChI is InChI=1S/C18H29N3OS.HI/c1-3-19-18(21-16-9-10-17(11-16)23-4-2)20-12-14-7-5-6-8-15(14)13-22;/h5-8,16-17,22H,3-4,9-13H2,1-2H3,(H2,19,20,21);1H. The molecule has 1 fully saturated rings. The zero-order chi connectivity index (χ0) is 16.5. The van der Waals surface area contributed by atoms with Gasteiger partial charge in [-0.25, -0.2) is 4.99 Å². The molecular weight excluding hydrogens is 433 g/mol. The number of guanidine groups is 1. The maximum absolute atomic E-state index is 9.41. The van der Waals surface area contributed by atoms with E-state index in [1.807, 2.05) is 24.3 Å². The minimum atomic E-state index is 0. The molecular formula is C18H30IN3OS. The number of nitrogens with one attached hydrogen (secondary N) is 2. The van der Waals surface area contributed by atoms with Crippen LogP contribution in [0.3, 0.4) is 0 Å². The van der Waals surface area contributed by atoms with Crippen LogP contribution in [0.1, 0.15) is 44.2 Å². The number of hydrogen-bond acceptors (Lipinski definition) is 3. The van der Waals surface area contributed by atoms with E-state index in [9.17, 15) is 5.11 Å². The van der Waals surface area contributed by atoms with Crippen molar-refractivity contribution < 1.29 is 5.11 Å². The van der Waals surface area contributed by atoms with Crippen LogP contribution in [0, 0.1) is 0 Å². The van der Waals surface area contributed by atoms with Crippen molar-refractivity contribution in [2.24, 2.45) is 4.99 Å². The molecule has 2 rings (SSSR count). The number of aliphatic hydroxyl groups excluding tert-OH is 1. The summed E-state index contributed by atoms with van der Waals surface area (Å²) in [5.41, 5.74) is 2.03. The van der Waals surface area contributed by atoms with Crippen molar-refractivity contribution in [2.45, 2.75) is 57.6 Å². The Morgan fingerprint density at radius 1 is 1.25 bits per heavy atom. The van der Waals surface area contributed by atoms with Gasteiger partial charge in [0.1, 0.15) is 0 Å². The lowest BCUT2D eigenvalue weighted by Crippen LogP contribution is -2.42. The molecule has 1 aliphatic rings. The van der Waals surface area contributed by atoms with Crippen LogP contribution in [0.5, 0.6) is 0 Å². The number of thioether (sulfide) groups is 1. The molecule has 2 unspecified atom stereocenters. The van der Waals surface area contributed by atoms with E-state index in [0.717, 1.165) is 28.9 Å². The summed E-state index contributed by atoms with van der Waals surface area (Å²) in [5.74, 6) is 2.08. The highest BCUT2D eigenvalue weighted by molar-refractivity contribution is 14.0. The molecule has 3 N–H and O–H groups in total. The van der Waals surface area contributed by atoms with Gasteiger partial charge in [0.2, 0.25) is 0 Å². The third-order valence-electron chi connectivity index (χ3n) is 4.17. The molecule has 0 radical (unpaired) electrons. The fourth-order valence-corrected chi connectivity index (χ4v) is 4.14. The highest BCUT2D eigenvalue weighted by Gasteiger charge is 2.25. The van der Waals surface area contributed by atoms with Crippen LogP contribution < -0.4 is 10.6 Å². The van der Waals surface area contributed by atoms with Gasteiger partial charge in [-0.1, -0.05) is 31.2 Å². The van der Waals surface area contributed by atoms with Gasteiger partial charge in [-0.3, -0.25) is 0 Å². The molecule has 1 aliphatic carbocycles. The normalized spacial score (nSPS) is 20.5. The van der Waals surface area contributed by atoms with E-state index >= 15 is 0 Å². The SMILES string of the molecule is CCNC(=NCc1ccccc1CO)NC1CCC(SCC)C1.I. The zero-order valence-electron chi connectivity index (χ0n) is 14.6. The van der Waals surface area contributed by atoms with Crippen molar-refractivity contribution >= 4 is 41.7 Å². The summed E-state index contributed by atoms with van der Waals surface area (Å²) < 4.78 is 0. The van der Waals surface area contributed by atoms with Crippen molar-refractivity contribution in [1.82, 2.24) is 10.6 Å². The lowest BCUT2D eigenvalue weighted by molar-refractivity contribution is 0.280. The molecule has 1 aromatic carbocycles. The van der Waals surface area contributed by atoms with Crippen LogP contribution in [-0.4, -0.2) is 34.7 Å². The first-order valence-electron chi connectivity index (χ1n) is 8.60. The number of aliphatic hydroxyl groups is 1. The first-order valence-corrected chi connectivity index (χ1v) is 9.65. The van der Waals surface area contributed by atoms with Gasteiger partial charge >= 0.3 is 0 Å². The van der Waals surface area contributed by atoms with E-state index < -0.39 is 0 Å². The summed E-state index contributed by atoms with van der Waals surface area (Å²) in [7, 11) is 0. The zero-order valence-corrected chi connectivity index (χ0v) is 17.8. The molecule has 1 aromatic rings. The molecule has 0 aliphatic heterocycles. The number of aliphatic imine (C=N–C) groups is 1. The minimum absolute atomic E-state index is 0. The van der Waals surface area contributed by atoms with Crippen LogP contribution in [0.4, 0.5) is 0 Å². The molecule has 1 saturated carbocycles. The lowest BCUT2D eigenvalue weighted by Gasteiger charge is -2.17. The predicted octanol–water partition coefficient (Wildman–Crippen LogP) is 3.53. The van der Waals surface area contributed by atoms with Crippen molar-refractivity contribution in [3.05, 3.63) is 35.4 Å². The fraction of sp³-hybridized carbons (Fsp3) is 0.611. The van der Waals surface area contributed by atoms with Gasteiger partial charge in [-0.05, 0) is 43.1 Å². The van der Waals surface area contributed by atoms with E-state index in [1.54, 1.807) is 0 Å². The van der Waals surface area contributed by atoms with Gasteiger partial charge in [0.15, 0.2) is 5.96 Å². The Kier molecular flexibility index (Phi) is 10.8. The monoisotopic (exact) mass is 463 g/mol. The van der Waals surface area contributed by atoms with Gasteiger partial charge < -0.3 is 15.7 Å². The molecule has 24 heavy (non-hydrogen) atoms. The van der Waals surface area contributed by atoms with Crippen molar-refractivity contribution in [2.75, 3.05) is 12.3 Å². The quantitative estimate of drug-likeness (QED) is 0.329. The number of benzene rings is 1. The highest BCUT2D eigenvalue weighted by atomic mass is 127. The largest absolute Gasteiger partial charge is 0.392 e. The average Bonchev–Trinajstić information content (AvgIpc) is 3.00. The molecule has 0 heterocycles. The Bertz CT molecular complexity index is 513. The van der Waals surface area contributed by atoms with E-state index in [-0.39, 0.29) is 30.6 Å². The maximum atomic E-state index is 9.41. The third-order valence-corrected chi connectivity index (χ3v) is 5.40. The van der Waals surface area contributed by atoms with E-state index in [2.05, 4.69) is 36.2 Å². The van der Waals surface area contributed by atoms with Gasteiger partial charge in [-0.2, -0.15) is 11.8 Å². The first kappa shape index (κ1) is 21.6. The van der Waals surface area contributed by atoms with Crippen LogP contribution >= 0.6 is 35.7 Å². The summed E-state index contributed by atoms with van der Waals surface area (Å²) in [5, 5.41) is 17.1. The summed E-state index contributed by atoms with van der Waals surface area (Å²) in [6.07, 6.45) is 3.73. The lowest BCUT2D eigenvalue weighted by atomic mass is 10.1. The molecule has 6 heteroatoms. The Morgan fingerprint density at radius 3 is 2.67 bits per heavy atom. The third kappa shape index (κ3) is 6.80. The topological polar surface area (TPSA) is 56.7 Å². The van der Waals surface area contributed by atoms with Crippen LogP contribution in [0.15, 0.2) is 29.3 Å². The molecule has 136 valence electrons. The number of halogens is 1. The Balaban J connectivity index is 0.00000288. The second-order valence-electron chi connectivity index (χ2n) is 5.85. The molecule has 0 spiro atoms. The number of hydrogen-bond donors (Lipinski definition) is 3. The van der Waals surface area contributed by atoms with Gasteiger partial charge in [0, 0.05) is 17.8 Å². The molecule has 4 nitrogen and oxygen atoms in total. The summed E-state index contributed by atoms with van der Waals surface area (Å²) >= 11 is 2.07. The Morgan fingerprint density at radius 2 is 2.00 bits per heavy atom. The summed E-state index contributed by atoms with van der Waals surface area (Å²) in [6.45, 7) is 5.83. The van der Waals surface area contributed by atoms with Gasteiger partial charge in [0.05, 0.1) is 13.2 Å². The summed E-state index contributed by atoms with van der Waals surface area (Å²) in [4.78, 5) is 4.70. The molecule has 0 bridgehead atoms. The van der Waals surface area contributed by atoms with Crippen LogP contribution in [-0.2, 0) is 13.2 Å². The van der Waals surface area contributed by atoms with Crippen LogP contribution in [0.25, 0.3) is 0 Å². The fourth-order valence-electron chi connectivity index (χ4n) is 3.00. The second-order valence-corrected chi connectivity index (χ2v) is 7.43. The minimum Gasteiger partial charge on any atom is -0.392 e. The van der Waals surface area contributed by atoms with E-state index in [1.165, 1.54) is 25.0 Å². The highest BCUT2D eigenvalue weighted by Crippen LogP contribution is 2.29. The van der Waals surface area contributed by atoms with Gasteiger partial charge in [0.25, 0.3) is 0 Å². The first-order chi connectivity index (χ1) is 11.3. The number of rotatable bonds is 7. The smallest absolute Gasteiger partial charge is 0.191 e. The van der Waals surface area contributed by atoms with Crippen molar-refractivity contribution in [3.8, 4) is 0 Å².